The Kier molecular flexibility index (Phi) is 4.07. The van der Waals surface area contributed by atoms with E-state index in [-0.39, 0.29) is 13.0 Å². The van der Waals surface area contributed by atoms with Crippen LogP contribution in [0.4, 0.5) is 0 Å². The van der Waals surface area contributed by atoms with Crippen molar-refractivity contribution in [2.75, 3.05) is 6.54 Å². The third-order valence-corrected chi connectivity index (χ3v) is 2.28. The number of hydrogen-bond donors (Lipinski definition) is 3. The van der Waals surface area contributed by atoms with E-state index in [1.807, 2.05) is 29.9 Å². The Balaban J connectivity index is 2.69. The molecule has 1 heterocycles. The maximum absolute atomic E-state index is 11.0. The molecule has 0 spiro atoms. The van der Waals surface area contributed by atoms with E-state index >= 15 is 0 Å². The standard InChI is InChI=1S/C10H15N3O3/c1-13-4-2-3-7(13)5-8(10(15)16)12-9(14)6-11/h2-4,8H,5-6,11H2,1H3,(H,12,14)(H,15,16). The summed E-state index contributed by atoms with van der Waals surface area (Å²) in [5, 5.41) is 11.3. The van der Waals surface area contributed by atoms with Gasteiger partial charge < -0.3 is 20.7 Å². The Hall–Kier alpha value is -1.82. The first-order valence-corrected chi connectivity index (χ1v) is 4.87. The molecule has 0 saturated carbocycles. The Morgan fingerprint density at radius 2 is 2.31 bits per heavy atom. The highest BCUT2D eigenvalue weighted by Crippen LogP contribution is 2.04. The van der Waals surface area contributed by atoms with E-state index in [0.29, 0.717) is 0 Å². The van der Waals surface area contributed by atoms with Gasteiger partial charge in [0.25, 0.3) is 0 Å². The van der Waals surface area contributed by atoms with Crippen LogP contribution < -0.4 is 11.1 Å². The molecular weight excluding hydrogens is 210 g/mol. The molecule has 0 fully saturated rings. The van der Waals surface area contributed by atoms with Crippen molar-refractivity contribution in [3.63, 3.8) is 0 Å². The van der Waals surface area contributed by atoms with E-state index in [2.05, 4.69) is 5.32 Å². The Bertz CT molecular complexity index is 386. The van der Waals surface area contributed by atoms with Crippen LogP contribution in [-0.4, -0.2) is 34.1 Å². The van der Waals surface area contributed by atoms with E-state index in [1.165, 1.54) is 0 Å². The smallest absolute Gasteiger partial charge is 0.326 e. The number of carbonyl (C=O) groups excluding carboxylic acids is 1. The summed E-state index contributed by atoms with van der Waals surface area (Å²) in [4.78, 5) is 22.0. The second kappa shape index (κ2) is 5.32. The zero-order valence-electron chi connectivity index (χ0n) is 9.01. The van der Waals surface area contributed by atoms with Crippen molar-refractivity contribution in [1.82, 2.24) is 9.88 Å². The molecule has 0 aromatic carbocycles. The monoisotopic (exact) mass is 225 g/mol. The van der Waals surface area contributed by atoms with Crippen LogP contribution in [0.15, 0.2) is 18.3 Å². The lowest BCUT2D eigenvalue weighted by atomic mass is 10.1. The second-order valence-electron chi connectivity index (χ2n) is 3.48. The van der Waals surface area contributed by atoms with Gasteiger partial charge in [0.1, 0.15) is 6.04 Å². The summed E-state index contributed by atoms with van der Waals surface area (Å²) in [6, 6.07) is 2.69. The van der Waals surface area contributed by atoms with Crippen molar-refractivity contribution in [2.24, 2.45) is 12.8 Å². The number of aromatic nitrogens is 1. The SMILES string of the molecule is Cn1cccc1CC(NC(=O)CN)C(=O)O. The summed E-state index contributed by atoms with van der Waals surface area (Å²) in [7, 11) is 1.82. The van der Waals surface area contributed by atoms with Crippen LogP contribution >= 0.6 is 0 Å². The Labute approximate surface area is 93.0 Å². The summed E-state index contributed by atoms with van der Waals surface area (Å²) in [6.07, 6.45) is 2.06. The predicted octanol–water partition coefficient (Wildman–Crippen LogP) is -0.904. The van der Waals surface area contributed by atoms with Gasteiger partial charge in [0, 0.05) is 25.4 Å². The normalized spacial score (nSPS) is 12.1. The highest BCUT2D eigenvalue weighted by molar-refractivity contribution is 5.84. The number of rotatable bonds is 5. The molecule has 6 heteroatoms. The summed E-state index contributed by atoms with van der Waals surface area (Å²) in [6.45, 7) is -0.211. The summed E-state index contributed by atoms with van der Waals surface area (Å²) >= 11 is 0. The molecule has 0 aliphatic heterocycles. The maximum atomic E-state index is 11.0. The number of carboxylic acid groups (broad SMARTS) is 1. The van der Waals surface area contributed by atoms with E-state index in [0.717, 1.165) is 5.69 Å². The summed E-state index contributed by atoms with van der Waals surface area (Å²) in [5.41, 5.74) is 5.95. The number of nitrogens with one attached hydrogen (secondary N) is 1. The number of nitrogens with two attached hydrogens (primary N) is 1. The number of aliphatic carboxylic acids is 1. The molecule has 1 aromatic rings. The molecule has 0 saturated heterocycles. The van der Waals surface area contributed by atoms with Gasteiger partial charge in [0.05, 0.1) is 6.54 Å². The van der Waals surface area contributed by atoms with Gasteiger partial charge in [-0.15, -0.1) is 0 Å². The van der Waals surface area contributed by atoms with Crippen LogP contribution in [0.2, 0.25) is 0 Å². The van der Waals surface area contributed by atoms with Gasteiger partial charge in [-0.3, -0.25) is 4.79 Å². The van der Waals surface area contributed by atoms with Crippen molar-refractivity contribution in [3.8, 4) is 0 Å². The third kappa shape index (κ3) is 3.09. The van der Waals surface area contributed by atoms with Crippen LogP contribution in [0.3, 0.4) is 0 Å². The number of aryl methyl sites for hydroxylation is 1. The Morgan fingerprint density at radius 3 is 2.75 bits per heavy atom. The zero-order valence-corrected chi connectivity index (χ0v) is 9.01. The number of carbonyl (C=O) groups is 2. The van der Waals surface area contributed by atoms with Crippen molar-refractivity contribution in [1.29, 1.82) is 0 Å². The van der Waals surface area contributed by atoms with Gasteiger partial charge in [-0.2, -0.15) is 0 Å². The lowest BCUT2D eigenvalue weighted by molar-refractivity contribution is -0.141. The van der Waals surface area contributed by atoms with E-state index in [9.17, 15) is 9.59 Å². The molecule has 0 aliphatic carbocycles. The predicted molar refractivity (Wildman–Crippen MR) is 57.7 cm³/mol. The van der Waals surface area contributed by atoms with Crippen LogP contribution in [0, 0.1) is 0 Å². The molecule has 1 unspecified atom stereocenters. The fourth-order valence-corrected chi connectivity index (χ4v) is 1.37. The minimum absolute atomic E-state index is 0.211. The van der Waals surface area contributed by atoms with E-state index in [1.54, 1.807) is 0 Å². The second-order valence-corrected chi connectivity index (χ2v) is 3.48. The topological polar surface area (TPSA) is 97.4 Å². The minimum Gasteiger partial charge on any atom is -0.480 e. The summed E-state index contributed by atoms with van der Waals surface area (Å²) in [5.74, 6) is -1.54. The molecule has 0 aliphatic rings. The van der Waals surface area contributed by atoms with Gasteiger partial charge in [0.15, 0.2) is 0 Å². The van der Waals surface area contributed by atoms with Crippen molar-refractivity contribution in [2.45, 2.75) is 12.5 Å². The van der Waals surface area contributed by atoms with Crippen LogP contribution in [-0.2, 0) is 23.1 Å². The van der Waals surface area contributed by atoms with Crippen molar-refractivity contribution < 1.29 is 14.7 Å². The fraction of sp³-hybridized carbons (Fsp3) is 0.400. The molecule has 4 N–H and O–H groups in total. The Morgan fingerprint density at radius 1 is 1.62 bits per heavy atom. The number of hydrogen-bond acceptors (Lipinski definition) is 3. The highest BCUT2D eigenvalue weighted by atomic mass is 16.4. The molecular formula is C10H15N3O3. The first kappa shape index (κ1) is 12.3. The molecule has 6 nitrogen and oxygen atoms in total. The van der Waals surface area contributed by atoms with E-state index in [4.69, 9.17) is 10.8 Å². The average molecular weight is 225 g/mol. The lowest BCUT2D eigenvalue weighted by Crippen LogP contribution is -2.45. The van der Waals surface area contributed by atoms with Gasteiger partial charge in [-0.25, -0.2) is 4.79 Å². The first-order chi connectivity index (χ1) is 7.54. The molecule has 1 amide bonds. The number of nitrogens with zero attached hydrogens (tertiary/aromatic N) is 1. The maximum Gasteiger partial charge on any atom is 0.326 e. The van der Waals surface area contributed by atoms with Crippen molar-refractivity contribution in [3.05, 3.63) is 24.0 Å². The molecule has 88 valence electrons. The van der Waals surface area contributed by atoms with Gasteiger partial charge in [0.2, 0.25) is 5.91 Å². The molecule has 0 bridgehead atoms. The highest BCUT2D eigenvalue weighted by Gasteiger charge is 2.20. The van der Waals surface area contributed by atoms with Gasteiger partial charge in [-0.1, -0.05) is 0 Å². The molecule has 1 aromatic heterocycles. The van der Waals surface area contributed by atoms with Crippen LogP contribution in [0.1, 0.15) is 5.69 Å². The largest absolute Gasteiger partial charge is 0.480 e. The molecule has 1 atom stereocenters. The number of carboxylic acids is 1. The van der Waals surface area contributed by atoms with E-state index < -0.39 is 17.9 Å². The van der Waals surface area contributed by atoms with Gasteiger partial charge in [-0.05, 0) is 12.1 Å². The van der Waals surface area contributed by atoms with Crippen LogP contribution in [0.5, 0.6) is 0 Å². The quantitative estimate of drug-likeness (QED) is 0.604. The van der Waals surface area contributed by atoms with Crippen molar-refractivity contribution >= 4 is 11.9 Å². The lowest BCUT2D eigenvalue weighted by Gasteiger charge is -2.14. The summed E-state index contributed by atoms with van der Waals surface area (Å²) < 4.78 is 1.81. The molecule has 0 radical (unpaired) electrons. The molecule has 1 rings (SSSR count). The van der Waals surface area contributed by atoms with Crippen LogP contribution in [0.25, 0.3) is 0 Å². The fourth-order valence-electron chi connectivity index (χ4n) is 1.37. The third-order valence-electron chi connectivity index (χ3n) is 2.28. The number of amides is 1. The molecule has 16 heavy (non-hydrogen) atoms. The average Bonchev–Trinajstić information content (AvgIpc) is 2.63. The van der Waals surface area contributed by atoms with Gasteiger partial charge >= 0.3 is 5.97 Å². The minimum atomic E-state index is -1.07. The zero-order chi connectivity index (χ0) is 12.1. The first-order valence-electron chi connectivity index (χ1n) is 4.87.